The molecule has 0 saturated carbocycles. The first-order valence-electron chi connectivity index (χ1n) is 4.90. The Morgan fingerprint density at radius 3 is 0.842 bits per heavy atom. The van der Waals surface area contributed by atoms with Gasteiger partial charge in [0.1, 0.15) is 0 Å². The van der Waals surface area contributed by atoms with Crippen LogP contribution >= 0.6 is 12.4 Å². The molecule has 0 aliphatic heterocycles. The van der Waals surface area contributed by atoms with Crippen LogP contribution in [0.3, 0.4) is 0 Å². The van der Waals surface area contributed by atoms with E-state index in [0.29, 0.717) is 0 Å². The summed E-state index contributed by atoms with van der Waals surface area (Å²) < 4.78 is 0. The SMILES string of the molecule is CNCC(=O)O.CNCC(=O)O.CNCC(=O)O.Cl. The van der Waals surface area contributed by atoms with Gasteiger partial charge in [0.25, 0.3) is 0 Å². The molecule has 0 aliphatic carbocycles. The van der Waals surface area contributed by atoms with Crippen molar-refractivity contribution in [2.24, 2.45) is 0 Å². The predicted molar refractivity (Wildman–Crippen MR) is 71.9 cm³/mol. The molecule has 0 aromatic heterocycles. The second kappa shape index (κ2) is 21.8. The molecule has 0 atom stereocenters. The molecule has 0 aliphatic rings. The van der Waals surface area contributed by atoms with Crippen molar-refractivity contribution in [2.45, 2.75) is 0 Å². The van der Waals surface area contributed by atoms with Gasteiger partial charge in [0.2, 0.25) is 0 Å². The summed E-state index contributed by atoms with van der Waals surface area (Å²) in [6.45, 7) is 0.125. The molecule has 0 unspecified atom stereocenters. The van der Waals surface area contributed by atoms with Gasteiger partial charge in [0, 0.05) is 0 Å². The highest BCUT2D eigenvalue weighted by molar-refractivity contribution is 5.85. The van der Waals surface area contributed by atoms with Crippen LogP contribution in [-0.2, 0) is 14.4 Å². The lowest BCUT2D eigenvalue weighted by Gasteiger charge is -1.84. The van der Waals surface area contributed by atoms with Crippen LogP contribution < -0.4 is 16.0 Å². The van der Waals surface area contributed by atoms with Gasteiger partial charge in [-0.3, -0.25) is 14.4 Å². The fraction of sp³-hybridized carbons (Fsp3) is 0.667. The molecular formula is C9H22ClN3O6. The van der Waals surface area contributed by atoms with Crippen LogP contribution in [0, 0.1) is 0 Å². The van der Waals surface area contributed by atoms with Crippen molar-refractivity contribution in [1.82, 2.24) is 16.0 Å². The Morgan fingerprint density at radius 1 is 0.684 bits per heavy atom. The molecule has 0 saturated heterocycles. The average Bonchev–Trinajstić information content (AvgIpc) is 2.18. The Labute approximate surface area is 117 Å². The molecule has 6 N–H and O–H groups in total. The maximum atomic E-state index is 9.54. The fourth-order valence-corrected chi connectivity index (χ4v) is 0.454. The Kier molecular flexibility index (Phi) is 30.1. The minimum atomic E-state index is -0.822. The molecule has 0 heterocycles. The van der Waals surface area contributed by atoms with E-state index in [2.05, 4.69) is 16.0 Å². The maximum absolute atomic E-state index is 9.54. The molecule has 0 bridgehead atoms. The summed E-state index contributed by atoms with van der Waals surface area (Å²) in [6.07, 6.45) is 0. The van der Waals surface area contributed by atoms with Gasteiger partial charge in [-0.25, -0.2) is 0 Å². The van der Waals surface area contributed by atoms with Crippen LogP contribution in [0.1, 0.15) is 0 Å². The minimum absolute atomic E-state index is 0. The number of carboxylic acid groups (broad SMARTS) is 3. The first-order chi connectivity index (χ1) is 8.31. The molecule has 19 heavy (non-hydrogen) atoms. The molecule has 10 heteroatoms. The van der Waals surface area contributed by atoms with Gasteiger partial charge in [-0.1, -0.05) is 0 Å². The third-order valence-electron chi connectivity index (χ3n) is 0.984. The van der Waals surface area contributed by atoms with Crippen molar-refractivity contribution in [3.8, 4) is 0 Å². The molecule has 116 valence electrons. The van der Waals surface area contributed by atoms with Crippen molar-refractivity contribution in [3.63, 3.8) is 0 Å². The van der Waals surface area contributed by atoms with Crippen LogP contribution in [0.15, 0.2) is 0 Å². The van der Waals surface area contributed by atoms with Gasteiger partial charge in [0.05, 0.1) is 19.6 Å². The molecule has 0 aromatic rings. The number of carbonyl (C=O) groups is 3. The van der Waals surface area contributed by atoms with E-state index < -0.39 is 17.9 Å². The van der Waals surface area contributed by atoms with E-state index in [1.54, 1.807) is 21.1 Å². The first kappa shape index (κ1) is 26.2. The van der Waals surface area contributed by atoms with Crippen LogP contribution in [0.4, 0.5) is 0 Å². The van der Waals surface area contributed by atoms with Gasteiger partial charge in [-0.15, -0.1) is 12.4 Å². The summed E-state index contributed by atoms with van der Waals surface area (Å²) in [5, 5.41) is 31.0. The molecule has 0 spiro atoms. The lowest BCUT2D eigenvalue weighted by molar-refractivity contribution is -0.136. The first-order valence-corrected chi connectivity index (χ1v) is 4.90. The molecule has 0 fully saturated rings. The van der Waals surface area contributed by atoms with E-state index in [4.69, 9.17) is 15.3 Å². The third kappa shape index (κ3) is 61.3. The summed E-state index contributed by atoms with van der Waals surface area (Å²) in [5.41, 5.74) is 0. The Hall–Kier alpha value is -1.42. The van der Waals surface area contributed by atoms with E-state index in [1.807, 2.05) is 0 Å². The van der Waals surface area contributed by atoms with Gasteiger partial charge < -0.3 is 31.3 Å². The minimum Gasteiger partial charge on any atom is -0.480 e. The smallest absolute Gasteiger partial charge is 0.317 e. The highest BCUT2D eigenvalue weighted by Gasteiger charge is 1.87. The number of rotatable bonds is 6. The second-order valence-corrected chi connectivity index (χ2v) is 2.77. The normalized spacial score (nSPS) is 7.74. The number of hydrogen-bond acceptors (Lipinski definition) is 6. The molecular weight excluding hydrogens is 282 g/mol. The van der Waals surface area contributed by atoms with Gasteiger partial charge in [-0.2, -0.15) is 0 Å². The third-order valence-corrected chi connectivity index (χ3v) is 0.984. The van der Waals surface area contributed by atoms with E-state index in [9.17, 15) is 14.4 Å². The number of halogens is 1. The summed E-state index contributed by atoms with van der Waals surface area (Å²) in [7, 11) is 4.77. The van der Waals surface area contributed by atoms with Crippen molar-refractivity contribution in [3.05, 3.63) is 0 Å². The lowest BCUT2D eigenvalue weighted by atomic mass is 10.7. The molecule has 0 aromatic carbocycles. The average molecular weight is 304 g/mol. The van der Waals surface area contributed by atoms with Crippen LogP contribution in [-0.4, -0.2) is 74.0 Å². The van der Waals surface area contributed by atoms with Crippen LogP contribution in [0.2, 0.25) is 0 Å². The number of aliphatic carboxylic acids is 3. The highest BCUT2D eigenvalue weighted by atomic mass is 35.5. The summed E-state index contributed by atoms with van der Waals surface area (Å²) in [5.74, 6) is -2.47. The highest BCUT2D eigenvalue weighted by Crippen LogP contribution is 1.51. The predicted octanol–water partition coefficient (Wildman–Crippen LogP) is -1.71. The molecule has 9 nitrogen and oxygen atoms in total. The number of nitrogens with one attached hydrogen (secondary N) is 3. The molecule has 0 amide bonds. The number of hydrogen-bond donors (Lipinski definition) is 6. The summed E-state index contributed by atoms with van der Waals surface area (Å²) in [4.78, 5) is 28.6. The largest absolute Gasteiger partial charge is 0.480 e. The molecule has 0 radical (unpaired) electrons. The molecule has 0 rings (SSSR count). The maximum Gasteiger partial charge on any atom is 0.317 e. The Balaban J connectivity index is -0.0000000865. The number of carboxylic acids is 3. The standard InChI is InChI=1S/3C3H7NO2.ClH/c3*1-4-2-3(5)6;/h3*4H,2H2,1H3,(H,5,6);1H. The van der Waals surface area contributed by atoms with Crippen molar-refractivity contribution in [2.75, 3.05) is 40.8 Å². The number of likely N-dealkylation sites (N-methyl/N-ethyl adjacent to an activating group) is 3. The van der Waals surface area contributed by atoms with Crippen LogP contribution in [0.25, 0.3) is 0 Å². The topological polar surface area (TPSA) is 148 Å². The Bertz CT molecular complexity index is 202. The quantitative estimate of drug-likeness (QED) is 0.337. The van der Waals surface area contributed by atoms with Gasteiger partial charge in [0.15, 0.2) is 0 Å². The second-order valence-electron chi connectivity index (χ2n) is 2.77. The van der Waals surface area contributed by atoms with E-state index in [1.165, 1.54) is 0 Å². The van der Waals surface area contributed by atoms with Gasteiger partial charge >= 0.3 is 17.9 Å². The summed E-state index contributed by atoms with van der Waals surface area (Å²) >= 11 is 0. The van der Waals surface area contributed by atoms with Crippen molar-refractivity contribution >= 4 is 30.3 Å². The summed E-state index contributed by atoms with van der Waals surface area (Å²) in [6, 6.07) is 0. The van der Waals surface area contributed by atoms with Crippen molar-refractivity contribution in [1.29, 1.82) is 0 Å². The fourth-order valence-electron chi connectivity index (χ4n) is 0.454. The van der Waals surface area contributed by atoms with E-state index in [0.717, 1.165) is 0 Å². The Morgan fingerprint density at radius 2 is 0.842 bits per heavy atom. The zero-order valence-corrected chi connectivity index (χ0v) is 11.9. The van der Waals surface area contributed by atoms with E-state index >= 15 is 0 Å². The lowest BCUT2D eigenvalue weighted by Crippen LogP contribution is -2.16. The van der Waals surface area contributed by atoms with Crippen molar-refractivity contribution < 1.29 is 29.7 Å². The zero-order chi connectivity index (χ0) is 15.0. The zero-order valence-electron chi connectivity index (χ0n) is 11.1. The monoisotopic (exact) mass is 303 g/mol. The van der Waals surface area contributed by atoms with E-state index in [-0.39, 0.29) is 32.0 Å². The van der Waals surface area contributed by atoms with Gasteiger partial charge in [-0.05, 0) is 21.1 Å². The van der Waals surface area contributed by atoms with Crippen LogP contribution in [0.5, 0.6) is 0 Å².